The molecule has 2 aromatic carbocycles. The molecule has 2 aromatic heterocycles. The summed E-state index contributed by atoms with van der Waals surface area (Å²) < 4.78 is 9.46. The fourth-order valence-corrected chi connectivity index (χ4v) is 5.71. The molecule has 11 nitrogen and oxygen atoms in total. The third-order valence-corrected chi connectivity index (χ3v) is 7.63. The van der Waals surface area contributed by atoms with Crippen LogP contribution < -0.4 is 10.2 Å². The molecule has 1 atom stereocenters. The number of rotatable bonds is 5. The summed E-state index contributed by atoms with van der Waals surface area (Å²) in [6.07, 6.45) is -0.222. The van der Waals surface area contributed by atoms with E-state index in [0.29, 0.717) is 47.6 Å². The molecular weight excluding hydrogens is 536 g/mol. The zero-order valence-corrected chi connectivity index (χ0v) is 25.0. The van der Waals surface area contributed by atoms with Crippen molar-refractivity contribution < 1.29 is 24.2 Å². The monoisotopic (exact) mass is 574 g/mol. The van der Waals surface area contributed by atoms with Crippen molar-refractivity contribution >= 4 is 45.7 Å². The van der Waals surface area contributed by atoms with Crippen LogP contribution in [0.4, 0.5) is 15.3 Å². The Bertz CT molecular complexity index is 1680. The van der Waals surface area contributed by atoms with Crippen molar-refractivity contribution in [3.05, 3.63) is 48.0 Å². The number of piperidine rings is 1. The molecule has 0 spiro atoms. The molecular formula is C31H38N6O5. The molecule has 4 aromatic rings. The Morgan fingerprint density at radius 3 is 2.60 bits per heavy atom. The number of para-hydroxylation sites is 1. The van der Waals surface area contributed by atoms with Crippen molar-refractivity contribution in [1.82, 2.24) is 24.3 Å². The van der Waals surface area contributed by atoms with E-state index in [4.69, 9.17) is 9.72 Å². The number of carboxylic acid groups (broad SMARTS) is 1. The number of ether oxygens (including phenoxy) is 1. The second kappa shape index (κ2) is 11.0. The molecule has 0 bridgehead atoms. The van der Waals surface area contributed by atoms with Crippen LogP contribution in [0.25, 0.3) is 33.5 Å². The van der Waals surface area contributed by atoms with E-state index in [1.54, 1.807) is 37.8 Å². The van der Waals surface area contributed by atoms with E-state index >= 15 is 0 Å². The minimum atomic E-state index is -1.15. The highest BCUT2D eigenvalue weighted by Crippen LogP contribution is 2.35. The van der Waals surface area contributed by atoms with Gasteiger partial charge in [0.05, 0.1) is 22.4 Å². The van der Waals surface area contributed by atoms with E-state index in [1.165, 1.54) is 7.05 Å². The Morgan fingerprint density at radius 1 is 1.17 bits per heavy atom. The van der Waals surface area contributed by atoms with Gasteiger partial charge in [0.15, 0.2) is 5.82 Å². The molecule has 3 heterocycles. The van der Waals surface area contributed by atoms with Gasteiger partial charge in [-0.2, -0.15) is 0 Å². The number of aromatic nitrogens is 3. The number of anilines is 1. The maximum atomic E-state index is 13.8. The van der Waals surface area contributed by atoms with Crippen LogP contribution in [-0.4, -0.2) is 74.0 Å². The van der Waals surface area contributed by atoms with E-state index in [1.807, 2.05) is 23.7 Å². The summed E-state index contributed by atoms with van der Waals surface area (Å²) in [6, 6.07) is 13.3. The summed E-state index contributed by atoms with van der Waals surface area (Å²) in [5.41, 5.74) is 3.20. The second-order valence-corrected chi connectivity index (χ2v) is 11.8. The quantitative estimate of drug-likeness (QED) is 0.327. The van der Waals surface area contributed by atoms with Crippen molar-refractivity contribution in [1.29, 1.82) is 0 Å². The number of likely N-dealkylation sites (tertiary alicyclic amines) is 1. The van der Waals surface area contributed by atoms with Gasteiger partial charge in [0.1, 0.15) is 5.60 Å². The van der Waals surface area contributed by atoms with Gasteiger partial charge in [-0.05, 0) is 64.8 Å². The van der Waals surface area contributed by atoms with Crippen LogP contribution in [0.1, 0.15) is 50.9 Å². The lowest BCUT2D eigenvalue weighted by Gasteiger charge is -2.33. The summed E-state index contributed by atoms with van der Waals surface area (Å²) in [5, 5.41) is 13.9. The molecule has 1 fully saturated rings. The van der Waals surface area contributed by atoms with Gasteiger partial charge in [-0.1, -0.05) is 18.2 Å². The first kappa shape index (κ1) is 29.0. The van der Waals surface area contributed by atoms with Crippen LogP contribution in [0.15, 0.2) is 42.5 Å². The summed E-state index contributed by atoms with van der Waals surface area (Å²) >= 11 is 0. The lowest BCUT2D eigenvalue weighted by atomic mass is 10.0. The number of nitrogens with one attached hydrogen (secondary N) is 1. The van der Waals surface area contributed by atoms with Crippen molar-refractivity contribution in [2.45, 2.75) is 58.7 Å². The van der Waals surface area contributed by atoms with E-state index in [2.05, 4.69) is 35.0 Å². The van der Waals surface area contributed by atoms with Crippen LogP contribution in [0.3, 0.4) is 0 Å². The maximum absolute atomic E-state index is 13.8. The van der Waals surface area contributed by atoms with Gasteiger partial charge in [-0.25, -0.2) is 14.6 Å². The molecule has 2 N–H and O–H groups in total. The molecule has 1 unspecified atom stereocenters. The zero-order valence-electron chi connectivity index (χ0n) is 25.0. The molecule has 5 rings (SSSR count). The molecule has 222 valence electrons. The molecule has 1 aliphatic rings. The van der Waals surface area contributed by atoms with Gasteiger partial charge in [0.2, 0.25) is 0 Å². The Hall–Kier alpha value is -4.54. The van der Waals surface area contributed by atoms with Gasteiger partial charge >= 0.3 is 12.2 Å². The number of hydrogen-bond donors (Lipinski definition) is 2. The van der Waals surface area contributed by atoms with Crippen LogP contribution in [0.5, 0.6) is 0 Å². The smallest absolute Gasteiger partial charge is 0.411 e. The number of carbonyl (C=O) groups excluding carboxylic acids is 2. The zero-order chi connectivity index (χ0) is 30.3. The topological polar surface area (TPSA) is 122 Å². The standard InChI is InChI=1S/C31H38N6O5/c1-7-37-23-13-9-8-11-19(23)16-25(37)27-33-22-15-20(17-24(26(22)35(27)6)34(5)30(40)41)28(38)36-14-10-12-21(18-36)32-29(39)42-31(2,3)4/h8-9,11,13,15-17,21H,7,10,12,14,18H2,1-6H3,(H,32,39)(H,40,41). The number of aryl methyl sites for hydroxylation is 2. The van der Waals surface area contributed by atoms with Crippen molar-refractivity contribution in [3.63, 3.8) is 0 Å². The molecule has 42 heavy (non-hydrogen) atoms. The lowest BCUT2D eigenvalue weighted by molar-refractivity contribution is 0.0452. The Morgan fingerprint density at radius 2 is 1.90 bits per heavy atom. The highest BCUT2D eigenvalue weighted by molar-refractivity contribution is 6.05. The van der Waals surface area contributed by atoms with Crippen LogP contribution >= 0.6 is 0 Å². The predicted molar refractivity (Wildman–Crippen MR) is 162 cm³/mol. The summed E-state index contributed by atoms with van der Waals surface area (Å²) in [5.74, 6) is 0.426. The first-order chi connectivity index (χ1) is 19.9. The van der Waals surface area contributed by atoms with E-state index in [-0.39, 0.29) is 11.9 Å². The van der Waals surface area contributed by atoms with Gasteiger partial charge in [0, 0.05) is 56.2 Å². The first-order valence-corrected chi connectivity index (χ1v) is 14.2. The largest absolute Gasteiger partial charge is 0.465 e. The summed E-state index contributed by atoms with van der Waals surface area (Å²) in [6.45, 7) is 9.05. The second-order valence-electron chi connectivity index (χ2n) is 11.8. The van der Waals surface area contributed by atoms with Crippen LogP contribution in [0, 0.1) is 0 Å². The van der Waals surface area contributed by atoms with Crippen LogP contribution in [0.2, 0.25) is 0 Å². The Kier molecular flexibility index (Phi) is 7.61. The fourth-order valence-electron chi connectivity index (χ4n) is 5.71. The van der Waals surface area contributed by atoms with Gasteiger partial charge in [0.25, 0.3) is 5.91 Å². The van der Waals surface area contributed by atoms with E-state index < -0.39 is 17.8 Å². The third kappa shape index (κ3) is 5.50. The normalized spacial score (nSPS) is 15.7. The highest BCUT2D eigenvalue weighted by Gasteiger charge is 2.29. The predicted octanol–water partition coefficient (Wildman–Crippen LogP) is 5.46. The SMILES string of the molecule is CCn1c(-c2nc3cc(C(=O)N4CCCC(NC(=O)OC(C)(C)C)C4)cc(N(C)C(=O)O)c3n2C)cc2ccccc21. The number of amides is 3. The number of hydrogen-bond acceptors (Lipinski definition) is 5. The number of fused-ring (bicyclic) bond motifs is 2. The van der Waals surface area contributed by atoms with E-state index in [0.717, 1.165) is 34.5 Å². The molecule has 3 amide bonds. The number of carbonyl (C=O) groups is 3. The maximum Gasteiger partial charge on any atom is 0.411 e. The molecule has 0 aliphatic carbocycles. The Labute approximate surface area is 244 Å². The third-order valence-electron chi connectivity index (χ3n) is 7.63. The minimum absolute atomic E-state index is 0.248. The van der Waals surface area contributed by atoms with Crippen molar-refractivity contribution in [3.8, 4) is 11.5 Å². The highest BCUT2D eigenvalue weighted by atomic mass is 16.6. The average Bonchev–Trinajstić information content (AvgIpc) is 3.47. The number of benzene rings is 2. The first-order valence-electron chi connectivity index (χ1n) is 14.2. The molecule has 1 saturated heterocycles. The number of alkyl carbamates (subject to hydrolysis) is 1. The lowest BCUT2D eigenvalue weighted by Crippen LogP contribution is -2.50. The van der Waals surface area contributed by atoms with Gasteiger partial charge < -0.3 is 29.2 Å². The summed E-state index contributed by atoms with van der Waals surface area (Å²) in [4.78, 5) is 46.0. The molecule has 1 aliphatic heterocycles. The fraction of sp³-hybridized carbons (Fsp3) is 0.419. The number of nitrogens with zero attached hydrogens (tertiary/aromatic N) is 5. The molecule has 0 saturated carbocycles. The van der Waals surface area contributed by atoms with Crippen LogP contribution in [-0.2, 0) is 18.3 Å². The van der Waals surface area contributed by atoms with Crippen molar-refractivity contribution in [2.75, 3.05) is 25.0 Å². The summed E-state index contributed by atoms with van der Waals surface area (Å²) in [7, 11) is 3.32. The average molecular weight is 575 g/mol. The number of imidazole rings is 1. The van der Waals surface area contributed by atoms with E-state index in [9.17, 15) is 19.5 Å². The molecule has 0 radical (unpaired) electrons. The molecule has 11 heteroatoms. The minimum Gasteiger partial charge on any atom is -0.465 e. The van der Waals surface area contributed by atoms with Gasteiger partial charge in [-0.15, -0.1) is 0 Å². The van der Waals surface area contributed by atoms with Crippen molar-refractivity contribution in [2.24, 2.45) is 7.05 Å². The van der Waals surface area contributed by atoms with Gasteiger partial charge in [-0.3, -0.25) is 9.69 Å². The Balaban J connectivity index is 1.53.